The Bertz CT molecular complexity index is 196. The highest BCUT2D eigenvalue weighted by Gasteiger charge is 2.31. The summed E-state index contributed by atoms with van der Waals surface area (Å²) in [7, 11) is 0. The van der Waals surface area contributed by atoms with Crippen LogP contribution in [0.2, 0.25) is 0 Å². The molecular formula is C11H23NO3. The highest BCUT2D eigenvalue weighted by molar-refractivity contribution is 4.86. The van der Waals surface area contributed by atoms with E-state index < -0.39 is 6.10 Å². The van der Waals surface area contributed by atoms with Gasteiger partial charge < -0.3 is 14.9 Å². The maximum Gasteiger partial charge on any atom is 0.0900 e. The molecule has 15 heavy (non-hydrogen) atoms. The standard InChI is InChI=1S/C11H23NO3/c1-9-6-12(9)7-10(14)8-15-11(2,3)4-5-13/h9-10,13-14H,4-8H2,1-3H3. The fourth-order valence-corrected chi connectivity index (χ4v) is 1.53. The van der Waals surface area contributed by atoms with Crippen molar-refractivity contribution in [1.82, 2.24) is 4.90 Å². The Balaban J connectivity index is 2.12. The van der Waals surface area contributed by atoms with E-state index in [1.165, 1.54) is 0 Å². The summed E-state index contributed by atoms with van der Waals surface area (Å²) in [6, 6.07) is 0.616. The Labute approximate surface area is 91.8 Å². The van der Waals surface area contributed by atoms with Crippen LogP contribution >= 0.6 is 0 Å². The Morgan fingerprint density at radius 3 is 2.60 bits per heavy atom. The monoisotopic (exact) mass is 217 g/mol. The molecule has 0 aromatic carbocycles. The summed E-state index contributed by atoms with van der Waals surface area (Å²) in [5, 5.41) is 18.5. The number of hydrogen-bond donors (Lipinski definition) is 2. The largest absolute Gasteiger partial charge is 0.396 e. The molecule has 90 valence electrons. The summed E-state index contributed by atoms with van der Waals surface area (Å²) < 4.78 is 5.56. The molecule has 0 amide bonds. The van der Waals surface area contributed by atoms with Crippen molar-refractivity contribution in [2.75, 3.05) is 26.3 Å². The van der Waals surface area contributed by atoms with E-state index in [4.69, 9.17) is 9.84 Å². The first kappa shape index (κ1) is 12.9. The van der Waals surface area contributed by atoms with Crippen molar-refractivity contribution in [3.8, 4) is 0 Å². The molecule has 0 spiro atoms. The molecule has 0 bridgehead atoms. The van der Waals surface area contributed by atoms with Gasteiger partial charge >= 0.3 is 0 Å². The molecule has 0 radical (unpaired) electrons. The molecule has 0 saturated carbocycles. The summed E-state index contributed by atoms with van der Waals surface area (Å²) in [4.78, 5) is 2.20. The predicted molar refractivity (Wildman–Crippen MR) is 58.8 cm³/mol. The lowest BCUT2D eigenvalue weighted by Crippen LogP contribution is -2.33. The van der Waals surface area contributed by atoms with Crippen LogP contribution in [0.3, 0.4) is 0 Å². The van der Waals surface area contributed by atoms with Gasteiger partial charge in [0.15, 0.2) is 0 Å². The Hall–Kier alpha value is -0.160. The first-order chi connectivity index (χ1) is 6.94. The van der Waals surface area contributed by atoms with Crippen LogP contribution in [-0.2, 0) is 4.74 Å². The third kappa shape index (κ3) is 4.93. The summed E-state index contributed by atoms with van der Waals surface area (Å²) in [5.41, 5.74) is -0.347. The summed E-state index contributed by atoms with van der Waals surface area (Å²) in [5.74, 6) is 0. The SMILES string of the molecule is CC1CN1CC(O)COC(C)(C)CCO. The van der Waals surface area contributed by atoms with E-state index in [2.05, 4.69) is 11.8 Å². The van der Waals surface area contributed by atoms with Crippen LogP contribution in [-0.4, -0.2) is 59.2 Å². The minimum Gasteiger partial charge on any atom is -0.396 e. The third-order valence-electron chi connectivity index (χ3n) is 2.81. The summed E-state index contributed by atoms with van der Waals surface area (Å²) >= 11 is 0. The average molecular weight is 217 g/mol. The van der Waals surface area contributed by atoms with Gasteiger partial charge in [-0.15, -0.1) is 0 Å². The van der Waals surface area contributed by atoms with Crippen molar-refractivity contribution in [1.29, 1.82) is 0 Å². The molecule has 1 aliphatic rings. The van der Waals surface area contributed by atoms with Gasteiger partial charge in [0.05, 0.1) is 18.3 Å². The van der Waals surface area contributed by atoms with Crippen LogP contribution < -0.4 is 0 Å². The number of β-amino-alcohol motifs (C(OH)–C–C–N with tert-alkyl or cyclic N) is 1. The van der Waals surface area contributed by atoms with E-state index in [1.54, 1.807) is 0 Å². The fraction of sp³-hybridized carbons (Fsp3) is 1.00. The topological polar surface area (TPSA) is 52.7 Å². The van der Waals surface area contributed by atoms with Gasteiger partial charge in [0.2, 0.25) is 0 Å². The van der Waals surface area contributed by atoms with Gasteiger partial charge in [-0.2, -0.15) is 0 Å². The van der Waals surface area contributed by atoms with E-state index >= 15 is 0 Å². The second kappa shape index (κ2) is 5.25. The minimum absolute atomic E-state index is 0.117. The molecule has 1 heterocycles. The molecule has 1 aliphatic heterocycles. The number of nitrogens with zero attached hydrogens (tertiary/aromatic N) is 1. The zero-order valence-electron chi connectivity index (χ0n) is 9.94. The Kier molecular flexibility index (Phi) is 4.52. The lowest BCUT2D eigenvalue weighted by Gasteiger charge is -2.26. The van der Waals surface area contributed by atoms with Gasteiger partial charge in [-0.25, -0.2) is 0 Å². The van der Waals surface area contributed by atoms with Crippen molar-refractivity contribution in [3.63, 3.8) is 0 Å². The van der Waals surface area contributed by atoms with E-state index in [1.807, 2.05) is 13.8 Å². The molecule has 4 heteroatoms. The number of aliphatic hydroxyl groups excluding tert-OH is 2. The Morgan fingerprint density at radius 1 is 1.53 bits per heavy atom. The van der Waals surface area contributed by atoms with Crippen molar-refractivity contribution < 1.29 is 14.9 Å². The van der Waals surface area contributed by atoms with E-state index in [0.717, 1.165) is 6.54 Å². The fourth-order valence-electron chi connectivity index (χ4n) is 1.53. The normalized spacial score (nSPS) is 27.8. The predicted octanol–water partition coefficient (Wildman–Crippen LogP) is 0.229. The molecule has 1 rings (SSSR count). The summed E-state index contributed by atoms with van der Waals surface area (Å²) in [6.45, 7) is 8.23. The minimum atomic E-state index is -0.423. The van der Waals surface area contributed by atoms with Gasteiger partial charge in [0.25, 0.3) is 0 Å². The van der Waals surface area contributed by atoms with Gasteiger partial charge in [-0.05, 0) is 27.2 Å². The molecular weight excluding hydrogens is 194 g/mol. The molecule has 0 aromatic rings. The van der Waals surface area contributed by atoms with Crippen LogP contribution in [0, 0.1) is 0 Å². The zero-order chi connectivity index (χ0) is 11.5. The second-order valence-corrected chi connectivity index (χ2v) is 5.00. The van der Waals surface area contributed by atoms with Crippen molar-refractivity contribution in [3.05, 3.63) is 0 Å². The molecule has 4 nitrogen and oxygen atoms in total. The van der Waals surface area contributed by atoms with Crippen LogP contribution in [0.1, 0.15) is 27.2 Å². The smallest absolute Gasteiger partial charge is 0.0900 e. The quantitative estimate of drug-likeness (QED) is 0.599. The maximum absolute atomic E-state index is 9.68. The van der Waals surface area contributed by atoms with E-state index in [-0.39, 0.29) is 12.2 Å². The number of ether oxygens (including phenoxy) is 1. The van der Waals surface area contributed by atoms with Crippen LogP contribution in [0.15, 0.2) is 0 Å². The Morgan fingerprint density at radius 2 is 2.13 bits per heavy atom. The molecule has 3 atom stereocenters. The number of aliphatic hydroxyl groups is 2. The van der Waals surface area contributed by atoms with Crippen LogP contribution in [0.25, 0.3) is 0 Å². The highest BCUT2D eigenvalue weighted by atomic mass is 16.5. The molecule has 1 saturated heterocycles. The van der Waals surface area contributed by atoms with Gasteiger partial charge in [-0.3, -0.25) is 4.90 Å². The zero-order valence-corrected chi connectivity index (χ0v) is 9.94. The molecule has 3 unspecified atom stereocenters. The van der Waals surface area contributed by atoms with Crippen molar-refractivity contribution in [2.45, 2.75) is 44.9 Å². The lowest BCUT2D eigenvalue weighted by atomic mass is 10.1. The average Bonchev–Trinajstić information content (AvgIpc) is 2.79. The van der Waals surface area contributed by atoms with Gasteiger partial charge in [-0.1, -0.05) is 0 Å². The van der Waals surface area contributed by atoms with Crippen LogP contribution in [0.4, 0.5) is 0 Å². The molecule has 0 aromatic heterocycles. The number of hydrogen-bond acceptors (Lipinski definition) is 4. The second-order valence-electron chi connectivity index (χ2n) is 5.00. The molecule has 1 fully saturated rings. The van der Waals surface area contributed by atoms with Gasteiger partial charge in [0, 0.05) is 25.7 Å². The molecule has 2 N–H and O–H groups in total. The third-order valence-corrected chi connectivity index (χ3v) is 2.81. The summed E-state index contributed by atoms with van der Waals surface area (Å²) in [6.07, 6.45) is 0.174. The first-order valence-corrected chi connectivity index (χ1v) is 5.61. The molecule has 0 aliphatic carbocycles. The van der Waals surface area contributed by atoms with Gasteiger partial charge in [0.1, 0.15) is 0 Å². The van der Waals surface area contributed by atoms with E-state index in [9.17, 15) is 5.11 Å². The highest BCUT2D eigenvalue weighted by Crippen LogP contribution is 2.18. The van der Waals surface area contributed by atoms with Crippen molar-refractivity contribution in [2.24, 2.45) is 0 Å². The lowest BCUT2D eigenvalue weighted by molar-refractivity contribution is -0.0710. The van der Waals surface area contributed by atoms with E-state index in [0.29, 0.717) is 25.6 Å². The maximum atomic E-state index is 9.68. The first-order valence-electron chi connectivity index (χ1n) is 5.61. The number of rotatable bonds is 7. The van der Waals surface area contributed by atoms with Crippen molar-refractivity contribution >= 4 is 0 Å². The van der Waals surface area contributed by atoms with Crippen LogP contribution in [0.5, 0.6) is 0 Å².